The fourth-order valence-electron chi connectivity index (χ4n) is 2.78. The lowest BCUT2D eigenvalue weighted by molar-refractivity contribution is -0.147. The number of nitrogens with zero attached hydrogens (tertiary/aromatic N) is 1. The summed E-state index contributed by atoms with van der Waals surface area (Å²) in [6, 6.07) is 7.48. The second kappa shape index (κ2) is 7.23. The first-order valence-corrected chi connectivity index (χ1v) is 8.58. The highest BCUT2D eigenvalue weighted by Gasteiger charge is 2.32. The maximum atomic E-state index is 12.5. The number of ether oxygens (including phenoxy) is 1. The lowest BCUT2D eigenvalue weighted by Crippen LogP contribution is -2.47. The van der Waals surface area contributed by atoms with Gasteiger partial charge in [0.25, 0.3) is 0 Å². The van der Waals surface area contributed by atoms with Gasteiger partial charge in [-0.05, 0) is 12.1 Å². The van der Waals surface area contributed by atoms with Crippen molar-refractivity contribution in [2.75, 3.05) is 25.0 Å². The van der Waals surface area contributed by atoms with Crippen molar-refractivity contribution in [2.24, 2.45) is 0 Å². The Labute approximate surface area is 143 Å². The van der Waals surface area contributed by atoms with E-state index in [1.54, 1.807) is 4.90 Å². The molecule has 3 rings (SSSR count). The van der Waals surface area contributed by atoms with E-state index in [2.05, 4.69) is 5.32 Å². The number of carboxylic acid groups (broad SMARTS) is 1. The van der Waals surface area contributed by atoms with Gasteiger partial charge in [-0.3, -0.25) is 14.4 Å². The molecule has 0 unspecified atom stereocenters. The Hall–Kier alpha value is -2.06. The molecule has 0 bridgehead atoms. The second-order valence-electron chi connectivity index (χ2n) is 5.73. The maximum Gasteiger partial charge on any atom is 0.306 e. The first kappa shape index (κ1) is 16.8. The van der Waals surface area contributed by atoms with Crippen molar-refractivity contribution in [2.45, 2.75) is 29.1 Å². The second-order valence-corrected chi connectivity index (χ2v) is 6.97. The highest BCUT2D eigenvalue weighted by molar-refractivity contribution is 8.01. The van der Waals surface area contributed by atoms with Crippen molar-refractivity contribution < 1.29 is 24.2 Å². The van der Waals surface area contributed by atoms with Crippen LogP contribution in [0, 0.1) is 0 Å². The number of fused-ring (bicyclic) bond motifs is 1. The van der Waals surface area contributed by atoms with Gasteiger partial charge in [-0.25, -0.2) is 0 Å². The minimum atomic E-state index is -0.951. The molecule has 24 heavy (non-hydrogen) atoms. The Bertz CT molecular complexity index is 666. The number of carbonyl (C=O) groups excluding carboxylic acids is 2. The van der Waals surface area contributed by atoms with Crippen LogP contribution in [0.3, 0.4) is 0 Å². The molecule has 1 fully saturated rings. The van der Waals surface area contributed by atoms with Crippen molar-refractivity contribution in [3.8, 4) is 0 Å². The average molecular weight is 350 g/mol. The Balaban J connectivity index is 1.60. The number of benzene rings is 1. The lowest BCUT2D eigenvalue weighted by Gasteiger charge is -2.33. The first-order valence-electron chi connectivity index (χ1n) is 7.70. The summed E-state index contributed by atoms with van der Waals surface area (Å²) >= 11 is 1.38. The van der Waals surface area contributed by atoms with Gasteiger partial charge in [0.15, 0.2) is 0 Å². The van der Waals surface area contributed by atoms with Gasteiger partial charge >= 0.3 is 5.97 Å². The summed E-state index contributed by atoms with van der Waals surface area (Å²) in [6.45, 7) is 0.988. The summed E-state index contributed by atoms with van der Waals surface area (Å²) in [5.41, 5.74) is 0.768. The van der Waals surface area contributed by atoms with E-state index in [4.69, 9.17) is 9.84 Å². The van der Waals surface area contributed by atoms with E-state index < -0.39 is 17.3 Å². The monoisotopic (exact) mass is 350 g/mol. The molecule has 8 heteroatoms. The number of amides is 2. The van der Waals surface area contributed by atoms with Gasteiger partial charge in [-0.1, -0.05) is 12.1 Å². The number of hydrogen-bond acceptors (Lipinski definition) is 5. The highest BCUT2D eigenvalue weighted by Crippen LogP contribution is 2.36. The van der Waals surface area contributed by atoms with Gasteiger partial charge in [-0.15, -0.1) is 11.8 Å². The molecule has 2 amide bonds. The predicted molar refractivity (Wildman–Crippen MR) is 87.9 cm³/mol. The first-order chi connectivity index (χ1) is 11.5. The van der Waals surface area contributed by atoms with Gasteiger partial charge in [0.05, 0.1) is 30.1 Å². The number of rotatable bonds is 4. The maximum absolute atomic E-state index is 12.5. The van der Waals surface area contributed by atoms with Crippen LogP contribution >= 0.6 is 11.8 Å². The number of anilines is 1. The highest BCUT2D eigenvalue weighted by atomic mass is 32.2. The third-order valence-corrected chi connectivity index (χ3v) is 5.24. The van der Waals surface area contributed by atoms with Gasteiger partial charge in [0.2, 0.25) is 11.8 Å². The lowest BCUT2D eigenvalue weighted by atomic mass is 10.1. The number of hydrogen-bond donors (Lipinski definition) is 2. The zero-order valence-electron chi connectivity index (χ0n) is 12.9. The third-order valence-electron chi connectivity index (χ3n) is 3.96. The van der Waals surface area contributed by atoms with Crippen LogP contribution in [0.1, 0.15) is 12.8 Å². The Morgan fingerprint density at radius 2 is 2.12 bits per heavy atom. The van der Waals surface area contributed by atoms with E-state index in [0.717, 1.165) is 10.6 Å². The number of morpholine rings is 1. The minimum Gasteiger partial charge on any atom is -0.481 e. The molecule has 0 radical (unpaired) electrons. The number of para-hydroxylation sites is 1. The van der Waals surface area contributed by atoms with Crippen molar-refractivity contribution in [3.05, 3.63) is 24.3 Å². The molecule has 128 valence electrons. The molecular formula is C16H18N2O5S. The zero-order valence-corrected chi connectivity index (χ0v) is 13.8. The van der Waals surface area contributed by atoms with Crippen LogP contribution in [0.5, 0.6) is 0 Å². The number of carboxylic acids is 1. The Kier molecular flexibility index (Phi) is 5.06. The van der Waals surface area contributed by atoms with E-state index in [9.17, 15) is 14.4 Å². The summed E-state index contributed by atoms with van der Waals surface area (Å²) in [4.78, 5) is 38.0. The molecule has 2 N–H and O–H groups in total. The summed E-state index contributed by atoms with van der Waals surface area (Å²) < 4.78 is 5.37. The van der Waals surface area contributed by atoms with Crippen LogP contribution in [0.25, 0.3) is 0 Å². The zero-order chi connectivity index (χ0) is 17.1. The molecule has 0 aliphatic carbocycles. The van der Waals surface area contributed by atoms with Crippen molar-refractivity contribution in [1.82, 2.24) is 4.90 Å². The number of aliphatic carboxylic acids is 1. The minimum absolute atomic E-state index is 0.0879. The van der Waals surface area contributed by atoms with Crippen LogP contribution < -0.4 is 5.32 Å². The molecule has 2 aliphatic heterocycles. The summed E-state index contributed by atoms with van der Waals surface area (Å²) in [5.74, 6) is -1.28. The predicted octanol–water partition coefficient (Wildman–Crippen LogP) is 1.19. The number of carbonyl (C=O) groups is 3. The van der Waals surface area contributed by atoms with Gasteiger partial charge in [-0.2, -0.15) is 0 Å². The summed E-state index contributed by atoms with van der Waals surface area (Å²) in [6.07, 6.45) is -0.533. The molecule has 7 nitrogen and oxygen atoms in total. The van der Waals surface area contributed by atoms with Crippen LogP contribution in [0.2, 0.25) is 0 Å². The van der Waals surface area contributed by atoms with E-state index in [0.29, 0.717) is 13.2 Å². The quantitative estimate of drug-likeness (QED) is 0.847. The average Bonchev–Trinajstić information content (AvgIpc) is 2.55. The molecule has 2 heterocycles. The number of nitrogens with one attached hydrogen (secondary N) is 1. The molecule has 1 saturated heterocycles. The molecule has 0 aromatic heterocycles. The van der Waals surface area contributed by atoms with Crippen LogP contribution in [-0.2, 0) is 19.1 Å². The van der Waals surface area contributed by atoms with Crippen LogP contribution in [0.15, 0.2) is 29.2 Å². The topological polar surface area (TPSA) is 95.9 Å². The summed E-state index contributed by atoms with van der Waals surface area (Å²) in [7, 11) is 0. The molecule has 2 atom stereocenters. The largest absolute Gasteiger partial charge is 0.481 e. The van der Waals surface area contributed by atoms with Gasteiger partial charge in [0, 0.05) is 24.4 Å². The Morgan fingerprint density at radius 1 is 1.33 bits per heavy atom. The fourth-order valence-corrected chi connectivity index (χ4v) is 3.88. The van der Waals surface area contributed by atoms with Gasteiger partial charge < -0.3 is 20.1 Å². The standard InChI is InChI=1S/C16H18N2O5S/c19-14(18-5-6-23-10(9-18)7-15(20)21)8-13-16(22)17-11-3-1-2-4-12(11)24-13/h1-4,10,13H,5-9H2,(H,17,22)(H,20,21)/t10-,13-/m1/s1. The van der Waals surface area contributed by atoms with Crippen LogP contribution in [-0.4, -0.2) is 58.8 Å². The molecule has 1 aromatic rings. The van der Waals surface area contributed by atoms with E-state index >= 15 is 0 Å². The van der Waals surface area contributed by atoms with E-state index in [-0.39, 0.29) is 31.2 Å². The van der Waals surface area contributed by atoms with Crippen molar-refractivity contribution in [3.63, 3.8) is 0 Å². The third kappa shape index (κ3) is 3.88. The van der Waals surface area contributed by atoms with Gasteiger partial charge in [0.1, 0.15) is 0 Å². The molecule has 2 aliphatic rings. The molecule has 0 saturated carbocycles. The Morgan fingerprint density at radius 3 is 2.92 bits per heavy atom. The number of thioether (sulfide) groups is 1. The SMILES string of the molecule is O=C(O)C[C@@H]1CN(C(=O)C[C@H]2Sc3ccccc3NC2=O)CCO1. The fraction of sp³-hybridized carbons (Fsp3) is 0.438. The molecular weight excluding hydrogens is 332 g/mol. The van der Waals surface area contributed by atoms with E-state index in [1.807, 2.05) is 24.3 Å². The summed E-state index contributed by atoms with van der Waals surface area (Å²) in [5, 5.41) is 11.2. The molecule has 1 aromatic carbocycles. The smallest absolute Gasteiger partial charge is 0.306 e. The van der Waals surface area contributed by atoms with Crippen LogP contribution in [0.4, 0.5) is 5.69 Å². The normalized spacial score (nSPS) is 23.3. The molecule has 0 spiro atoms. The van der Waals surface area contributed by atoms with E-state index in [1.165, 1.54) is 11.8 Å². The van der Waals surface area contributed by atoms with Crippen molar-refractivity contribution in [1.29, 1.82) is 0 Å². The van der Waals surface area contributed by atoms with Crippen molar-refractivity contribution >= 4 is 35.2 Å².